The minimum atomic E-state index is 0. The van der Waals surface area contributed by atoms with Gasteiger partial charge in [-0.3, -0.25) is 9.89 Å². The molecule has 3 N–H and O–H groups in total. The predicted molar refractivity (Wildman–Crippen MR) is 113 cm³/mol. The number of nitrogens with zero attached hydrogens (tertiary/aromatic N) is 2. The van der Waals surface area contributed by atoms with Gasteiger partial charge >= 0.3 is 0 Å². The molecule has 0 bridgehead atoms. The number of nitrogens with two attached hydrogens (primary N) is 1. The molecule has 1 unspecified atom stereocenters. The van der Waals surface area contributed by atoms with Crippen molar-refractivity contribution in [3.8, 4) is 0 Å². The van der Waals surface area contributed by atoms with Crippen molar-refractivity contribution in [2.75, 3.05) is 44.7 Å². The lowest BCUT2D eigenvalue weighted by atomic mass is 9.99. The molecule has 2 rings (SSSR count). The van der Waals surface area contributed by atoms with Gasteiger partial charge in [0, 0.05) is 31.9 Å². The van der Waals surface area contributed by atoms with Gasteiger partial charge in [-0.2, -0.15) is 0 Å². The van der Waals surface area contributed by atoms with Crippen molar-refractivity contribution in [2.45, 2.75) is 32.6 Å². The zero-order chi connectivity index (χ0) is 16.5. The third kappa shape index (κ3) is 7.36. The summed E-state index contributed by atoms with van der Waals surface area (Å²) in [4.78, 5) is 6.82. The molecule has 1 aliphatic heterocycles. The SMILES string of the molecule is CCC(C)c1ccc(NC(N)=NCCCN2CCOCC2)cc1.I. The maximum absolute atomic E-state index is 5.95. The van der Waals surface area contributed by atoms with Crippen molar-refractivity contribution < 1.29 is 4.74 Å². The van der Waals surface area contributed by atoms with Gasteiger partial charge in [0.1, 0.15) is 0 Å². The van der Waals surface area contributed by atoms with E-state index in [0.29, 0.717) is 11.9 Å². The van der Waals surface area contributed by atoms with Gasteiger partial charge in [0.15, 0.2) is 5.96 Å². The average molecular weight is 446 g/mol. The van der Waals surface area contributed by atoms with E-state index in [1.807, 2.05) is 0 Å². The second-order valence-electron chi connectivity index (χ2n) is 6.13. The summed E-state index contributed by atoms with van der Waals surface area (Å²) in [6.07, 6.45) is 2.18. The number of guanidine groups is 1. The smallest absolute Gasteiger partial charge is 0.193 e. The van der Waals surface area contributed by atoms with E-state index in [0.717, 1.165) is 57.9 Å². The summed E-state index contributed by atoms with van der Waals surface area (Å²) in [5, 5.41) is 3.16. The molecule has 0 saturated carbocycles. The highest BCUT2D eigenvalue weighted by Crippen LogP contribution is 2.20. The number of aliphatic imine (C=N–C) groups is 1. The molecule has 6 heteroatoms. The van der Waals surface area contributed by atoms with E-state index in [2.05, 4.69) is 53.3 Å². The van der Waals surface area contributed by atoms with Crippen LogP contribution < -0.4 is 11.1 Å². The lowest BCUT2D eigenvalue weighted by Gasteiger charge is -2.26. The summed E-state index contributed by atoms with van der Waals surface area (Å²) in [5.74, 6) is 1.08. The van der Waals surface area contributed by atoms with Crippen LogP contribution in [-0.2, 0) is 4.74 Å². The zero-order valence-corrected chi connectivity index (χ0v) is 17.2. The van der Waals surface area contributed by atoms with Crippen LogP contribution in [0.2, 0.25) is 0 Å². The van der Waals surface area contributed by atoms with Gasteiger partial charge in [0.25, 0.3) is 0 Å². The molecule has 1 aromatic carbocycles. The second kappa shape index (κ2) is 11.7. The Morgan fingerprint density at radius 3 is 2.58 bits per heavy atom. The molecule has 24 heavy (non-hydrogen) atoms. The van der Waals surface area contributed by atoms with Crippen LogP contribution >= 0.6 is 24.0 Å². The Morgan fingerprint density at radius 1 is 1.29 bits per heavy atom. The first-order valence-electron chi connectivity index (χ1n) is 8.66. The second-order valence-corrected chi connectivity index (χ2v) is 6.13. The molecule has 0 spiro atoms. The minimum absolute atomic E-state index is 0. The summed E-state index contributed by atoms with van der Waals surface area (Å²) >= 11 is 0. The first-order chi connectivity index (χ1) is 11.2. The fourth-order valence-corrected chi connectivity index (χ4v) is 2.64. The highest BCUT2D eigenvalue weighted by atomic mass is 127. The highest BCUT2D eigenvalue weighted by molar-refractivity contribution is 14.0. The number of benzene rings is 1. The molecule has 0 aliphatic carbocycles. The van der Waals surface area contributed by atoms with Gasteiger partial charge < -0.3 is 15.8 Å². The Labute approximate surface area is 163 Å². The van der Waals surface area contributed by atoms with Crippen LogP contribution in [0.15, 0.2) is 29.3 Å². The highest BCUT2D eigenvalue weighted by Gasteiger charge is 2.09. The number of ether oxygens (including phenoxy) is 1. The van der Waals surface area contributed by atoms with Crippen LogP contribution in [0.3, 0.4) is 0 Å². The van der Waals surface area contributed by atoms with Gasteiger partial charge in [-0.1, -0.05) is 26.0 Å². The van der Waals surface area contributed by atoms with Gasteiger partial charge in [0.05, 0.1) is 13.2 Å². The molecule has 1 saturated heterocycles. The molecular weight excluding hydrogens is 415 g/mol. The molecule has 1 fully saturated rings. The van der Waals surface area contributed by atoms with Gasteiger partial charge in [0.2, 0.25) is 0 Å². The van der Waals surface area contributed by atoms with E-state index in [9.17, 15) is 0 Å². The van der Waals surface area contributed by atoms with Crippen LogP contribution in [0, 0.1) is 0 Å². The molecule has 1 atom stereocenters. The number of hydrogen-bond donors (Lipinski definition) is 2. The topological polar surface area (TPSA) is 62.9 Å². The average Bonchev–Trinajstić information content (AvgIpc) is 2.59. The number of hydrogen-bond acceptors (Lipinski definition) is 3. The van der Waals surface area contributed by atoms with E-state index in [1.54, 1.807) is 0 Å². The summed E-state index contributed by atoms with van der Waals surface area (Å²) in [6.45, 7) is 10.0. The molecule has 1 heterocycles. The normalized spacial score (nSPS) is 17.2. The fourth-order valence-electron chi connectivity index (χ4n) is 2.64. The summed E-state index contributed by atoms with van der Waals surface area (Å²) in [5.41, 5.74) is 8.31. The molecule has 0 amide bonds. The van der Waals surface area contributed by atoms with Crippen molar-refractivity contribution >= 4 is 35.6 Å². The Kier molecular flexibility index (Phi) is 10.3. The van der Waals surface area contributed by atoms with E-state index in [1.165, 1.54) is 5.56 Å². The molecule has 0 radical (unpaired) electrons. The Hall–Kier alpha value is -0.860. The molecular formula is C18H31IN4O. The lowest BCUT2D eigenvalue weighted by molar-refractivity contribution is 0.0377. The number of halogens is 1. The fraction of sp³-hybridized carbons (Fsp3) is 0.611. The first-order valence-corrected chi connectivity index (χ1v) is 8.66. The Bertz CT molecular complexity index is 486. The monoisotopic (exact) mass is 446 g/mol. The van der Waals surface area contributed by atoms with Crippen LogP contribution in [-0.4, -0.2) is 50.3 Å². The molecule has 1 aromatic rings. The van der Waals surface area contributed by atoms with Crippen molar-refractivity contribution in [3.05, 3.63) is 29.8 Å². The van der Waals surface area contributed by atoms with Gasteiger partial charge in [-0.05, 0) is 36.5 Å². The summed E-state index contributed by atoms with van der Waals surface area (Å²) < 4.78 is 5.34. The standard InChI is InChI=1S/C18H30N4O.HI/c1-3-15(2)16-5-7-17(8-6-16)21-18(19)20-9-4-10-22-11-13-23-14-12-22;/h5-8,15H,3-4,9-14H2,1-2H3,(H3,19,20,21);1H. The minimum Gasteiger partial charge on any atom is -0.379 e. The number of rotatable bonds is 7. The van der Waals surface area contributed by atoms with Crippen LogP contribution in [0.4, 0.5) is 5.69 Å². The van der Waals surface area contributed by atoms with Crippen LogP contribution in [0.1, 0.15) is 38.2 Å². The van der Waals surface area contributed by atoms with Crippen molar-refractivity contribution in [2.24, 2.45) is 10.7 Å². The maximum Gasteiger partial charge on any atom is 0.193 e. The van der Waals surface area contributed by atoms with Gasteiger partial charge in [-0.15, -0.1) is 24.0 Å². The van der Waals surface area contributed by atoms with E-state index in [4.69, 9.17) is 10.5 Å². The Morgan fingerprint density at radius 2 is 1.96 bits per heavy atom. The zero-order valence-electron chi connectivity index (χ0n) is 14.8. The molecule has 5 nitrogen and oxygen atoms in total. The van der Waals surface area contributed by atoms with Gasteiger partial charge in [-0.25, -0.2) is 0 Å². The van der Waals surface area contributed by atoms with Crippen molar-refractivity contribution in [1.29, 1.82) is 0 Å². The maximum atomic E-state index is 5.95. The van der Waals surface area contributed by atoms with Crippen LogP contribution in [0.25, 0.3) is 0 Å². The third-order valence-corrected chi connectivity index (χ3v) is 4.38. The Balaban J connectivity index is 0.00000288. The van der Waals surface area contributed by atoms with E-state index in [-0.39, 0.29) is 24.0 Å². The number of nitrogens with one attached hydrogen (secondary N) is 1. The molecule has 136 valence electrons. The summed E-state index contributed by atoms with van der Waals surface area (Å²) in [6, 6.07) is 8.44. The third-order valence-electron chi connectivity index (χ3n) is 4.38. The number of morpholine rings is 1. The van der Waals surface area contributed by atoms with Crippen LogP contribution in [0.5, 0.6) is 0 Å². The predicted octanol–water partition coefficient (Wildman–Crippen LogP) is 3.27. The summed E-state index contributed by atoms with van der Waals surface area (Å²) in [7, 11) is 0. The van der Waals surface area contributed by atoms with Crippen molar-refractivity contribution in [3.63, 3.8) is 0 Å². The van der Waals surface area contributed by atoms with E-state index >= 15 is 0 Å². The van der Waals surface area contributed by atoms with E-state index < -0.39 is 0 Å². The largest absolute Gasteiger partial charge is 0.379 e. The van der Waals surface area contributed by atoms with Crippen molar-refractivity contribution in [1.82, 2.24) is 4.90 Å². The molecule has 1 aliphatic rings. The number of anilines is 1. The lowest BCUT2D eigenvalue weighted by Crippen LogP contribution is -2.37. The first kappa shape index (κ1) is 21.2. The molecule has 0 aromatic heterocycles. The quantitative estimate of drug-likeness (QED) is 0.292.